The molecule has 1 aromatic carbocycles. The molecule has 0 heterocycles. The summed E-state index contributed by atoms with van der Waals surface area (Å²) in [6.45, 7) is 0. The number of phenols is 2. The molecule has 5 N–H and O–H groups in total. The maximum Gasteiger partial charge on any atom is 0.320 e. The van der Waals surface area contributed by atoms with Gasteiger partial charge in [0.25, 0.3) is 0 Å². The predicted octanol–water partition coefficient (Wildman–Crippen LogP) is 0.474. The van der Waals surface area contributed by atoms with Gasteiger partial charge in [-0.15, -0.1) is 12.4 Å². The molecule has 1 rings (SSSR count). The van der Waals surface area contributed by atoms with Crippen LogP contribution in [-0.2, 0) is 11.2 Å². The summed E-state index contributed by atoms with van der Waals surface area (Å²) in [5.74, 6) is -1.62. The molecular weight excluding hydrogens is 222 g/mol. The van der Waals surface area contributed by atoms with Crippen LogP contribution in [0.4, 0.5) is 0 Å². The summed E-state index contributed by atoms with van der Waals surface area (Å²) in [6, 6.07) is 3.09. The van der Waals surface area contributed by atoms with Gasteiger partial charge in [0.15, 0.2) is 11.5 Å². The number of phenolic OH excluding ortho intramolecular Hbond substituents is 2. The van der Waals surface area contributed by atoms with Gasteiger partial charge in [0.1, 0.15) is 6.04 Å². The van der Waals surface area contributed by atoms with E-state index in [2.05, 4.69) is 0 Å². The Balaban J connectivity index is 0.00000196. The maximum absolute atomic E-state index is 10.4. The second kappa shape index (κ2) is 5.43. The van der Waals surface area contributed by atoms with E-state index < -0.39 is 12.0 Å². The first-order valence-corrected chi connectivity index (χ1v) is 4.00. The van der Waals surface area contributed by atoms with Gasteiger partial charge in [-0.2, -0.15) is 0 Å². The standard InChI is InChI=1S/C9H11NO4.ClH/c10-6(9(13)14)3-5-1-2-7(11)8(12)4-5;/h1-2,4,6,11-12H,3,10H2,(H,13,14);1H/t6-;/m0./s1. The minimum Gasteiger partial charge on any atom is -0.504 e. The Morgan fingerprint density at radius 2 is 1.93 bits per heavy atom. The molecule has 0 unspecified atom stereocenters. The van der Waals surface area contributed by atoms with Crippen LogP contribution in [0.25, 0.3) is 0 Å². The van der Waals surface area contributed by atoms with E-state index in [1.54, 1.807) is 0 Å². The van der Waals surface area contributed by atoms with Crippen LogP contribution in [0.1, 0.15) is 5.56 Å². The Bertz CT molecular complexity index is 356. The van der Waals surface area contributed by atoms with Gasteiger partial charge >= 0.3 is 5.97 Å². The molecule has 0 bridgehead atoms. The second-order valence-electron chi connectivity index (χ2n) is 2.97. The molecule has 0 saturated heterocycles. The Hall–Kier alpha value is -1.46. The van der Waals surface area contributed by atoms with Crippen molar-refractivity contribution in [2.45, 2.75) is 12.5 Å². The highest BCUT2D eigenvalue weighted by Crippen LogP contribution is 2.25. The van der Waals surface area contributed by atoms with Gasteiger partial charge in [-0.3, -0.25) is 4.79 Å². The molecule has 0 aliphatic heterocycles. The van der Waals surface area contributed by atoms with Gasteiger partial charge < -0.3 is 21.1 Å². The predicted molar refractivity (Wildman–Crippen MR) is 56.3 cm³/mol. The molecule has 5 nitrogen and oxygen atoms in total. The van der Waals surface area contributed by atoms with E-state index in [0.717, 1.165) is 0 Å². The first-order chi connectivity index (χ1) is 6.50. The van der Waals surface area contributed by atoms with Crippen LogP contribution in [-0.4, -0.2) is 27.3 Å². The zero-order valence-electron chi connectivity index (χ0n) is 7.75. The normalized spacial score (nSPS) is 11.5. The van der Waals surface area contributed by atoms with Gasteiger partial charge in [0.05, 0.1) is 0 Å². The lowest BCUT2D eigenvalue weighted by Gasteiger charge is -2.06. The molecule has 0 spiro atoms. The molecule has 0 aliphatic carbocycles. The lowest BCUT2D eigenvalue weighted by molar-refractivity contribution is -0.138. The zero-order valence-corrected chi connectivity index (χ0v) is 8.57. The minimum atomic E-state index is -1.10. The summed E-state index contributed by atoms with van der Waals surface area (Å²) in [7, 11) is 0. The van der Waals surface area contributed by atoms with Crippen molar-refractivity contribution in [3.8, 4) is 11.5 Å². The van der Waals surface area contributed by atoms with E-state index in [1.807, 2.05) is 0 Å². The van der Waals surface area contributed by atoms with Crippen LogP contribution < -0.4 is 5.73 Å². The number of carboxylic acids is 1. The van der Waals surface area contributed by atoms with Crippen molar-refractivity contribution < 1.29 is 20.1 Å². The molecule has 0 saturated carbocycles. The van der Waals surface area contributed by atoms with E-state index >= 15 is 0 Å². The van der Waals surface area contributed by atoms with E-state index in [-0.39, 0.29) is 30.3 Å². The van der Waals surface area contributed by atoms with Crippen LogP contribution >= 0.6 is 12.4 Å². The summed E-state index contributed by atoms with van der Waals surface area (Å²) in [6.07, 6.45) is 0.114. The van der Waals surface area contributed by atoms with Crippen molar-refractivity contribution in [2.24, 2.45) is 5.73 Å². The number of carbonyl (C=O) groups is 1. The number of nitrogens with two attached hydrogens (primary N) is 1. The zero-order chi connectivity index (χ0) is 10.7. The van der Waals surface area contributed by atoms with Gasteiger partial charge in [0.2, 0.25) is 0 Å². The van der Waals surface area contributed by atoms with Crippen molar-refractivity contribution in [2.75, 3.05) is 0 Å². The van der Waals surface area contributed by atoms with Gasteiger partial charge in [0, 0.05) is 0 Å². The Labute approximate surface area is 92.6 Å². The third kappa shape index (κ3) is 3.65. The quantitative estimate of drug-likeness (QED) is 0.569. The summed E-state index contributed by atoms with van der Waals surface area (Å²) in [5, 5.41) is 26.6. The van der Waals surface area contributed by atoms with Crippen LogP contribution in [0.2, 0.25) is 0 Å². The Kier molecular flexibility index (Phi) is 4.90. The second-order valence-corrected chi connectivity index (χ2v) is 2.97. The smallest absolute Gasteiger partial charge is 0.320 e. The van der Waals surface area contributed by atoms with Gasteiger partial charge in [-0.05, 0) is 24.1 Å². The monoisotopic (exact) mass is 233 g/mol. The molecular formula is C9H12ClNO4. The number of hydrogen-bond acceptors (Lipinski definition) is 4. The lowest BCUT2D eigenvalue weighted by Crippen LogP contribution is -2.32. The molecule has 0 amide bonds. The summed E-state index contributed by atoms with van der Waals surface area (Å²) in [5.41, 5.74) is 5.86. The number of carboxylic acid groups (broad SMARTS) is 1. The fraction of sp³-hybridized carbons (Fsp3) is 0.222. The largest absolute Gasteiger partial charge is 0.504 e. The van der Waals surface area contributed by atoms with Gasteiger partial charge in [-0.25, -0.2) is 0 Å². The number of rotatable bonds is 3. The highest BCUT2D eigenvalue weighted by Gasteiger charge is 2.12. The molecule has 0 radical (unpaired) electrons. The van der Waals surface area contributed by atoms with Gasteiger partial charge in [-0.1, -0.05) is 6.07 Å². The van der Waals surface area contributed by atoms with Crippen LogP contribution in [0.15, 0.2) is 18.2 Å². The first kappa shape index (κ1) is 13.5. The van der Waals surface area contributed by atoms with Crippen molar-refractivity contribution in [3.05, 3.63) is 23.8 Å². The van der Waals surface area contributed by atoms with Crippen LogP contribution in [0.5, 0.6) is 11.5 Å². The van der Waals surface area contributed by atoms with Crippen molar-refractivity contribution >= 4 is 18.4 Å². The minimum absolute atomic E-state index is 0. The molecule has 15 heavy (non-hydrogen) atoms. The number of aliphatic carboxylic acids is 1. The third-order valence-electron chi connectivity index (χ3n) is 1.81. The third-order valence-corrected chi connectivity index (χ3v) is 1.81. The molecule has 0 aromatic heterocycles. The average molecular weight is 234 g/mol. The summed E-state index contributed by atoms with van der Waals surface area (Å²) >= 11 is 0. The Morgan fingerprint density at radius 1 is 1.33 bits per heavy atom. The van der Waals surface area contributed by atoms with Crippen LogP contribution in [0.3, 0.4) is 0 Å². The highest BCUT2D eigenvalue weighted by molar-refractivity contribution is 5.85. The van der Waals surface area contributed by atoms with E-state index in [1.165, 1.54) is 18.2 Å². The van der Waals surface area contributed by atoms with E-state index in [9.17, 15) is 4.79 Å². The number of aromatic hydroxyl groups is 2. The number of hydrogen-bond donors (Lipinski definition) is 4. The fourth-order valence-corrected chi connectivity index (χ4v) is 1.04. The van der Waals surface area contributed by atoms with Crippen molar-refractivity contribution in [1.29, 1.82) is 0 Å². The average Bonchev–Trinajstić information content (AvgIpc) is 2.11. The molecule has 6 heteroatoms. The fourth-order valence-electron chi connectivity index (χ4n) is 1.04. The maximum atomic E-state index is 10.4. The van der Waals surface area contributed by atoms with E-state index in [0.29, 0.717) is 5.56 Å². The lowest BCUT2D eigenvalue weighted by atomic mass is 10.1. The molecule has 1 atom stereocenters. The molecule has 0 aliphatic rings. The highest BCUT2D eigenvalue weighted by atomic mass is 35.5. The molecule has 0 fully saturated rings. The topological polar surface area (TPSA) is 104 Å². The van der Waals surface area contributed by atoms with Crippen molar-refractivity contribution in [1.82, 2.24) is 0 Å². The van der Waals surface area contributed by atoms with Crippen molar-refractivity contribution in [3.63, 3.8) is 0 Å². The SMILES string of the molecule is Cl.N[C@@H](Cc1ccc(O)c(O)c1)C(=O)O. The summed E-state index contributed by atoms with van der Waals surface area (Å²) in [4.78, 5) is 10.4. The first-order valence-electron chi connectivity index (χ1n) is 4.00. The number of benzene rings is 1. The Morgan fingerprint density at radius 3 is 2.40 bits per heavy atom. The van der Waals surface area contributed by atoms with E-state index in [4.69, 9.17) is 21.1 Å². The molecule has 1 aromatic rings. The van der Waals surface area contributed by atoms with Crippen LogP contribution in [0, 0.1) is 0 Å². The summed E-state index contributed by atoms with van der Waals surface area (Å²) < 4.78 is 0. The molecule has 84 valence electrons. The number of halogens is 1.